The van der Waals surface area contributed by atoms with Crippen LogP contribution in [0.2, 0.25) is 0 Å². The fourth-order valence-electron chi connectivity index (χ4n) is 4.02. The van der Waals surface area contributed by atoms with Crippen molar-refractivity contribution in [1.82, 2.24) is 20.0 Å². The third-order valence-corrected chi connectivity index (χ3v) is 5.79. The zero-order valence-corrected chi connectivity index (χ0v) is 19.4. The molecule has 6 heteroatoms. The topological polar surface area (TPSA) is 67.2 Å². The van der Waals surface area contributed by atoms with E-state index in [4.69, 9.17) is 5.10 Å². The molecule has 0 fully saturated rings. The Morgan fingerprint density at radius 2 is 1.70 bits per heavy atom. The number of aryl methyl sites for hydroxylation is 2. The van der Waals surface area contributed by atoms with Gasteiger partial charge in [0.1, 0.15) is 0 Å². The van der Waals surface area contributed by atoms with Crippen molar-refractivity contribution in [1.29, 1.82) is 0 Å². The van der Waals surface area contributed by atoms with Gasteiger partial charge in [-0.05, 0) is 56.3 Å². The van der Waals surface area contributed by atoms with E-state index in [1.807, 2.05) is 48.3 Å². The summed E-state index contributed by atoms with van der Waals surface area (Å²) in [6.45, 7) is 5.09. The molecular weight excluding hydrogens is 412 g/mol. The summed E-state index contributed by atoms with van der Waals surface area (Å²) in [5.74, 6) is -0.110. The molecule has 168 valence electrons. The minimum absolute atomic E-state index is 0.110. The molecule has 1 amide bonds. The van der Waals surface area contributed by atoms with E-state index in [1.54, 1.807) is 23.9 Å². The first kappa shape index (κ1) is 22.4. The van der Waals surface area contributed by atoms with Crippen molar-refractivity contribution in [2.24, 2.45) is 0 Å². The van der Waals surface area contributed by atoms with Gasteiger partial charge >= 0.3 is 0 Å². The number of nitrogens with one attached hydrogen (secondary N) is 1. The fourth-order valence-corrected chi connectivity index (χ4v) is 4.02. The number of benzene rings is 3. The number of aromatic nitrogens is 2. The summed E-state index contributed by atoms with van der Waals surface area (Å²) in [6, 6.07) is 21.4. The van der Waals surface area contributed by atoms with Crippen molar-refractivity contribution in [3.8, 4) is 11.3 Å². The van der Waals surface area contributed by atoms with Gasteiger partial charge in [0.15, 0.2) is 0 Å². The molecule has 0 aliphatic rings. The largest absolute Gasteiger partial charge is 0.355 e. The van der Waals surface area contributed by atoms with E-state index in [2.05, 4.69) is 37.4 Å². The molecular formula is C27H28N4O2. The third kappa shape index (κ3) is 4.71. The van der Waals surface area contributed by atoms with Crippen LogP contribution in [0.1, 0.15) is 27.0 Å². The lowest BCUT2D eigenvalue weighted by atomic mass is 9.99. The molecule has 0 radical (unpaired) electrons. The number of nitrogens with zero attached hydrogens (tertiary/aromatic N) is 3. The predicted molar refractivity (Wildman–Crippen MR) is 132 cm³/mol. The average molecular weight is 441 g/mol. The van der Waals surface area contributed by atoms with Crippen LogP contribution in [0.5, 0.6) is 0 Å². The summed E-state index contributed by atoms with van der Waals surface area (Å²) in [4.78, 5) is 27.0. The Kier molecular flexibility index (Phi) is 6.38. The Morgan fingerprint density at radius 3 is 2.39 bits per heavy atom. The van der Waals surface area contributed by atoms with E-state index in [0.29, 0.717) is 24.2 Å². The molecule has 4 aromatic rings. The van der Waals surface area contributed by atoms with Crippen molar-refractivity contribution in [2.75, 3.05) is 14.1 Å². The van der Waals surface area contributed by atoms with E-state index in [-0.39, 0.29) is 11.5 Å². The van der Waals surface area contributed by atoms with Crippen molar-refractivity contribution >= 4 is 16.7 Å². The highest BCUT2D eigenvalue weighted by Crippen LogP contribution is 2.28. The molecule has 0 spiro atoms. The second kappa shape index (κ2) is 9.38. The molecule has 3 aromatic carbocycles. The number of hydrogen-bond acceptors (Lipinski definition) is 4. The predicted octanol–water partition coefficient (Wildman–Crippen LogP) is 4.13. The lowest BCUT2D eigenvalue weighted by molar-refractivity contribution is 0.0963. The van der Waals surface area contributed by atoms with Crippen LogP contribution in [0.4, 0.5) is 0 Å². The van der Waals surface area contributed by atoms with Crippen molar-refractivity contribution in [3.63, 3.8) is 0 Å². The van der Waals surface area contributed by atoms with Gasteiger partial charge in [0, 0.05) is 30.1 Å². The summed E-state index contributed by atoms with van der Waals surface area (Å²) < 4.78 is 1.54. The minimum Gasteiger partial charge on any atom is -0.355 e. The van der Waals surface area contributed by atoms with Crippen LogP contribution in [-0.4, -0.2) is 34.7 Å². The Labute approximate surface area is 193 Å². The van der Waals surface area contributed by atoms with Gasteiger partial charge in [-0.1, -0.05) is 48.0 Å². The first-order chi connectivity index (χ1) is 15.9. The Morgan fingerprint density at radius 1 is 1.00 bits per heavy atom. The second-order valence-corrected chi connectivity index (χ2v) is 8.45. The molecule has 0 aliphatic carbocycles. The average Bonchev–Trinajstić information content (AvgIpc) is 2.82. The molecule has 0 saturated heterocycles. The highest BCUT2D eigenvalue weighted by atomic mass is 16.1. The van der Waals surface area contributed by atoms with Gasteiger partial charge in [-0.2, -0.15) is 5.10 Å². The molecule has 1 N–H and O–H groups in total. The van der Waals surface area contributed by atoms with Gasteiger partial charge in [0.05, 0.1) is 17.7 Å². The van der Waals surface area contributed by atoms with Crippen LogP contribution in [-0.2, 0) is 13.2 Å². The first-order valence-corrected chi connectivity index (χ1v) is 10.9. The standard InChI is InChI=1S/C27H28N4O2/c1-18-9-10-19(2)24(15-18)25-22-7-5-6-8-23(22)27(33)31(29-25)17-30(4)16-20-11-13-21(14-12-20)26(32)28-3/h5-15H,16-17H2,1-4H3,(H,28,32). The van der Waals surface area contributed by atoms with E-state index >= 15 is 0 Å². The van der Waals surface area contributed by atoms with Gasteiger partial charge in [-0.15, -0.1) is 0 Å². The number of carbonyl (C=O) groups excluding carboxylic acids is 1. The van der Waals surface area contributed by atoms with Crippen LogP contribution < -0.4 is 10.9 Å². The molecule has 0 unspecified atom stereocenters. The van der Waals surface area contributed by atoms with E-state index in [0.717, 1.165) is 33.3 Å². The smallest absolute Gasteiger partial charge is 0.275 e. The van der Waals surface area contributed by atoms with Crippen molar-refractivity contribution in [2.45, 2.75) is 27.1 Å². The summed E-state index contributed by atoms with van der Waals surface area (Å²) in [6.07, 6.45) is 0. The molecule has 1 heterocycles. The zero-order chi connectivity index (χ0) is 23.5. The molecule has 4 rings (SSSR count). The van der Waals surface area contributed by atoms with Crippen molar-refractivity contribution in [3.05, 3.63) is 99.3 Å². The van der Waals surface area contributed by atoms with Crippen molar-refractivity contribution < 1.29 is 4.79 Å². The van der Waals surface area contributed by atoms with Gasteiger partial charge in [-0.3, -0.25) is 14.5 Å². The number of fused-ring (bicyclic) bond motifs is 1. The highest BCUT2D eigenvalue weighted by molar-refractivity contribution is 5.95. The Balaban J connectivity index is 1.68. The molecule has 1 aromatic heterocycles. The third-order valence-electron chi connectivity index (χ3n) is 5.79. The van der Waals surface area contributed by atoms with E-state index in [9.17, 15) is 9.59 Å². The monoisotopic (exact) mass is 440 g/mol. The summed E-state index contributed by atoms with van der Waals surface area (Å²) in [5, 5.41) is 8.96. The van der Waals surface area contributed by atoms with Crippen LogP contribution in [0.25, 0.3) is 22.0 Å². The Bertz CT molecular complexity index is 1370. The summed E-state index contributed by atoms with van der Waals surface area (Å²) >= 11 is 0. The SMILES string of the molecule is CNC(=O)c1ccc(CN(C)Cn2nc(-c3cc(C)ccc3C)c3ccccc3c2=O)cc1. The normalized spacial score (nSPS) is 11.2. The lowest BCUT2D eigenvalue weighted by Crippen LogP contribution is -2.32. The molecule has 0 atom stereocenters. The molecule has 0 saturated carbocycles. The van der Waals surface area contributed by atoms with Crippen LogP contribution in [0, 0.1) is 13.8 Å². The number of hydrogen-bond donors (Lipinski definition) is 1. The maximum Gasteiger partial charge on any atom is 0.275 e. The van der Waals surface area contributed by atoms with Gasteiger partial charge in [-0.25, -0.2) is 4.68 Å². The summed E-state index contributed by atoms with van der Waals surface area (Å²) in [5.41, 5.74) is 5.68. The van der Waals surface area contributed by atoms with Gasteiger partial charge < -0.3 is 5.32 Å². The first-order valence-electron chi connectivity index (χ1n) is 10.9. The quantitative estimate of drug-likeness (QED) is 0.490. The number of amides is 1. The second-order valence-electron chi connectivity index (χ2n) is 8.45. The molecule has 0 aliphatic heterocycles. The highest BCUT2D eigenvalue weighted by Gasteiger charge is 2.15. The lowest BCUT2D eigenvalue weighted by Gasteiger charge is -2.19. The van der Waals surface area contributed by atoms with E-state index in [1.165, 1.54) is 0 Å². The Hall–Kier alpha value is -3.77. The number of carbonyl (C=O) groups is 1. The van der Waals surface area contributed by atoms with Crippen LogP contribution >= 0.6 is 0 Å². The maximum atomic E-state index is 13.2. The zero-order valence-electron chi connectivity index (χ0n) is 19.4. The molecule has 0 bridgehead atoms. The van der Waals surface area contributed by atoms with Gasteiger partial charge in [0.2, 0.25) is 0 Å². The minimum atomic E-state index is -0.110. The molecule has 6 nitrogen and oxygen atoms in total. The fraction of sp³-hybridized carbons (Fsp3) is 0.222. The van der Waals surface area contributed by atoms with E-state index < -0.39 is 0 Å². The number of rotatable bonds is 6. The van der Waals surface area contributed by atoms with Gasteiger partial charge in [0.25, 0.3) is 11.5 Å². The molecule has 33 heavy (non-hydrogen) atoms. The van der Waals surface area contributed by atoms with Crippen LogP contribution in [0.3, 0.4) is 0 Å². The summed E-state index contributed by atoms with van der Waals surface area (Å²) in [7, 11) is 3.57. The van der Waals surface area contributed by atoms with Crippen LogP contribution in [0.15, 0.2) is 71.5 Å². The maximum absolute atomic E-state index is 13.2.